The monoisotopic (exact) mass is 979 g/mol. The van der Waals surface area contributed by atoms with E-state index in [0.717, 1.165) is 75.6 Å². The number of imidazole rings is 1. The predicted molar refractivity (Wildman–Crippen MR) is 248 cm³/mol. The number of aromatic nitrogens is 3. The number of hydrogen-bond acceptors (Lipinski definition) is 3. The van der Waals surface area contributed by atoms with Gasteiger partial charge >= 0.3 is 0 Å². The standard InChI is InChI=1S/C39H41N2O.C16H18N.Ir/c1-24(2)31-22-27(26-18-20-39(5,6)21-19-26)23-32(25(3)4)36(31)41-34-16-9-8-15-33(34)40-38(41)30-14-11-13-29-28-12-7-10-17-35(28)42-37(29)30;1-4-5-15-11-17-16(10-13(15)3)14-8-6-12(2)7-9-14;/h7-13,15-17,22-26H,18-21H2,1-6H3;6-8,10-11H,4-5H2,1-3H3;/q2*-1;/i26D;2D3,3D3,5D2;. The summed E-state index contributed by atoms with van der Waals surface area (Å²) in [5, 5.41) is 2.17. The Hall–Kier alpha value is -4.83. The van der Waals surface area contributed by atoms with E-state index in [-0.39, 0.29) is 55.1 Å². The van der Waals surface area contributed by atoms with Gasteiger partial charge < -0.3 is 14.0 Å². The van der Waals surface area contributed by atoms with Crippen molar-refractivity contribution in [3.63, 3.8) is 0 Å². The van der Waals surface area contributed by atoms with Crippen molar-refractivity contribution in [2.75, 3.05) is 0 Å². The van der Waals surface area contributed by atoms with Crippen molar-refractivity contribution < 1.29 is 36.9 Å². The second-order valence-corrected chi connectivity index (χ2v) is 17.2. The average molecular weight is 979 g/mol. The fourth-order valence-corrected chi connectivity index (χ4v) is 8.33. The number of para-hydroxylation sites is 3. The van der Waals surface area contributed by atoms with E-state index < -0.39 is 26.0 Å². The molecular formula is C55H59IrN3O-2. The van der Waals surface area contributed by atoms with Gasteiger partial charge in [0.05, 0.1) is 22.4 Å². The Bertz CT molecular complexity index is 3090. The summed E-state index contributed by atoms with van der Waals surface area (Å²) in [6.07, 6.45) is 3.53. The van der Waals surface area contributed by atoms with Crippen LogP contribution in [0.2, 0.25) is 0 Å². The van der Waals surface area contributed by atoms with Crippen LogP contribution in [0.4, 0.5) is 0 Å². The Labute approximate surface area is 383 Å². The summed E-state index contributed by atoms with van der Waals surface area (Å²) in [6.45, 7) is 10.7. The van der Waals surface area contributed by atoms with E-state index in [1.165, 1.54) is 47.3 Å². The van der Waals surface area contributed by atoms with E-state index >= 15 is 0 Å². The zero-order chi connectivity index (χ0) is 49.1. The molecule has 0 aliphatic heterocycles. The maximum Gasteiger partial charge on any atom is 0.120 e. The molecule has 4 nitrogen and oxygen atoms in total. The number of fused-ring (bicyclic) bond motifs is 4. The van der Waals surface area contributed by atoms with Crippen LogP contribution in [0.5, 0.6) is 0 Å². The molecule has 3 heterocycles. The quantitative estimate of drug-likeness (QED) is 0.143. The molecule has 1 fully saturated rings. The second kappa shape index (κ2) is 18.0. The Morgan fingerprint density at radius 1 is 0.900 bits per heavy atom. The number of hydrogen-bond donors (Lipinski definition) is 0. The molecule has 1 saturated carbocycles. The summed E-state index contributed by atoms with van der Waals surface area (Å²) in [7, 11) is 0. The van der Waals surface area contributed by atoms with E-state index in [9.17, 15) is 1.37 Å². The summed E-state index contributed by atoms with van der Waals surface area (Å²) in [5.41, 5.74) is 10.6. The van der Waals surface area contributed by atoms with Crippen LogP contribution in [0.25, 0.3) is 61.3 Å². The number of nitrogens with zero attached hydrogens (tertiary/aromatic N) is 3. The number of furan rings is 1. The second-order valence-electron chi connectivity index (χ2n) is 17.2. The molecular weight excluding hydrogens is 911 g/mol. The first-order valence-electron chi connectivity index (χ1n) is 25.4. The molecule has 0 bridgehead atoms. The number of rotatable bonds is 8. The Morgan fingerprint density at radius 3 is 2.32 bits per heavy atom. The maximum absolute atomic E-state index is 9.67. The van der Waals surface area contributed by atoms with Gasteiger partial charge in [0.2, 0.25) is 0 Å². The molecule has 0 unspecified atom stereocenters. The summed E-state index contributed by atoms with van der Waals surface area (Å²) >= 11 is 0. The van der Waals surface area contributed by atoms with Crippen molar-refractivity contribution in [3.8, 4) is 28.3 Å². The zero-order valence-electron chi connectivity index (χ0n) is 44.6. The maximum atomic E-state index is 9.67. The van der Waals surface area contributed by atoms with Crippen molar-refractivity contribution in [1.82, 2.24) is 14.5 Å². The molecule has 5 aromatic carbocycles. The molecule has 0 spiro atoms. The third-order valence-electron chi connectivity index (χ3n) is 11.7. The van der Waals surface area contributed by atoms with Crippen LogP contribution >= 0.6 is 0 Å². The summed E-state index contributed by atoms with van der Waals surface area (Å²) in [5.74, 6) is 0.795. The van der Waals surface area contributed by atoms with Crippen LogP contribution in [-0.2, 0) is 26.5 Å². The molecule has 9 rings (SSSR count). The van der Waals surface area contributed by atoms with E-state index in [0.29, 0.717) is 16.7 Å². The van der Waals surface area contributed by atoms with Crippen LogP contribution < -0.4 is 0 Å². The molecule has 311 valence electrons. The van der Waals surface area contributed by atoms with Crippen LogP contribution in [0.3, 0.4) is 0 Å². The largest absolute Gasteiger partial charge is 0.501 e. The molecule has 0 saturated heterocycles. The van der Waals surface area contributed by atoms with E-state index in [1.807, 2.05) is 18.2 Å². The number of pyridine rings is 1. The molecule has 0 amide bonds. The third kappa shape index (κ3) is 8.67. The van der Waals surface area contributed by atoms with Gasteiger partial charge in [0, 0.05) is 49.7 Å². The first-order chi connectivity index (χ1) is 31.9. The van der Waals surface area contributed by atoms with Crippen LogP contribution in [0, 0.1) is 31.3 Å². The van der Waals surface area contributed by atoms with Gasteiger partial charge in [-0.15, -0.1) is 53.6 Å². The van der Waals surface area contributed by atoms with E-state index in [1.54, 1.807) is 6.92 Å². The fraction of sp³-hybridized carbons (Fsp3) is 0.345. The van der Waals surface area contributed by atoms with Gasteiger partial charge in [-0.1, -0.05) is 127 Å². The van der Waals surface area contributed by atoms with Gasteiger partial charge in [-0.3, -0.25) is 4.98 Å². The minimum Gasteiger partial charge on any atom is -0.501 e. The molecule has 1 aliphatic rings. The molecule has 0 atom stereocenters. The molecule has 8 aromatic rings. The van der Waals surface area contributed by atoms with Crippen molar-refractivity contribution in [3.05, 3.63) is 149 Å². The van der Waals surface area contributed by atoms with Crippen LogP contribution in [0.15, 0.2) is 108 Å². The van der Waals surface area contributed by atoms with Crippen molar-refractivity contribution >= 4 is 33.0 Å². The number of benzene rings is 5. The van der Waals surface area contributed by atoms with Gasteiger partial charge in [-0.25, -0.2) is 0 Å². The third-order valence-corrected chi connectivity index (χ3v) is 11.7. The van der Waals surface area contributed by atoms with Crippen molar-refractivity contribution in [2.24, 2.45) is 5.41 Å². The minimum atomic E-state index is -2.49. The molecule has 1 radical (unpaired) electrons. The molecule has 3 aromatic heterocycles. The molecule has 0 N–H and O–H groups in total. The smallest absolute Gasteiger partial charge is 0.120 e. The summed E-state index contributed by atoms with van der Waals surface area (Å²) in [4.78, 5) is 9.42. The molecule has 60 heavy (non-hydrogen) atoms. The Kier molecular flexibility index (Phi) is 9.88. The Balaban J connectivity index is 0.000000232. The normalized spacial score (nSPS) is 17.6. The van der Waals surface area contributed by atoms with Gasteiger partial charge in [-0.2, -0.15) is 0 Å². The van der Waals surface area contributed by atoms with Crippen molar-refractivity contribution in [1.29, 1.82) is 0 Å². The number of aryl methyl sites for hydroxylation is 3. The topological polar surface area (TPSA) is 43.9 Å². The molecule has 5 heteroatoms. The molecule has 1 aliphatic carbocycles. The van der Waals surface area contributed by atoms with E-state index in [2.05, 4.69) is 118 Å². The minimum absolute atomic E-state index is 0. The zero-order valence-corrected chi connectivity index (χ0v) is 38.0. The van der Waals surface area contributed by atoms with Gasteiger partial charge in [0.1, 0.15) is 5.58 Å². The van der Waals surface area contributed by atoms with Gasteiger partial charge in [-0.05, 0) is 108 Å². The van der Waals surface area contributed by atoms with Gasteiger partial charge in [0.15, 0.2) is 0 Å². The summed E-state index contributed by atoms with van der Waals surface area (Å²) < 4.78 is 79.7. The first-order valence-corrected chi connectivity index (χ1v) is 20.9. The van der Waals surface area contributed by atoms with E-state index in [4.69, 9.17) is 20.4 Å². The average Bonchev–Trinajstić information content (AvgIpc) is 3.88. The predicted octanol–water partition coefficient (Wildman–Crippen LogP) is 15.4. The van der Waals surface area contributed by atoms with Crippen LogP contribution in [0.1, 0.15) is 144 Å². The fourth-order valence-electron chi connectivity index (χ4n) is 8.33. The SMILES string of the molecule is [2H]C([2H])([2H])c1c[c-]c(-c2cc(C([2H])([2H])[2H])c(C([2H])([2H])CC)cn2)cc1.[2H]C1(c2cc(C(C)C)c(-n3c(-c4[c-]ccc5c4oc4ccccc45)nc4ccccc43)c(C(C)C)c2)CCC(C)(C)CC1.[Ir]. The first kappa shape index (κ1) is 32.9. The van der Waals surface area contributed by atoms with Gasteiger partial charge in [0.25, 0.3) is 0 Å². The Morgan fingerprint density at radius 2 is 1.63 bits per heavy atom. The summed E-state index contributed by atoms with van der Waals surface area (Å²) in [6, 6.07) is 37.3. The van der Waals surface area contributed by atoms with Crippen molar-refractivity contribution in [2.45, 2.75) is 118 Å². The van der Waals surface area contributed by atoms with Crippen LogP contribution in [-0.4, -0.2) is 14.5 Å².